The number of hydrogen-bond acceptors (Lipinski definition) is 2. The monoisotopic (exact) mass is 403 g/mol. The molecule has 1 aliphatic rings. The summed E-state index contributed by atoms with van der Waals surface area (Å²) in [6, 6.07) is 9.13. The van der Waals surface area contributed by atoms with E-state index >= 15 is 0 Å². The second-order valence-corrected chi connectivity index (χ2v) is 6.16. The highest BCUT2D eigenvalue weighted by atomic mass is 35.5. The van der Waals surface area contributed by atoms with Crippen molar-refractivity contribution in [3.05, 3.63) is 48.0 Å². The maximum absolute atomic E-state index is 13.8. The average Bonchev–Trinajstić information content (AvgIpc) is 2.51. The van der Waals surface area contributed by atoms with Crippen LogP contribution in [-0.2, 0) is 5.92 Å². The van der Waals surface area contributed by atoms with Gasteiger partial charge in [-0.1, -0.05) is 30.0 Å². The fourth-order valence-corrected chi connectivity index (χ4v) is 3.16. The molecule has 0 aromatic heterocycles. The van der Waals surface area contributed by atoms with E-state index in [0.29, 0.717) is 22.7 Å². The van der Waals surface area contributed by atoms with Crippen molar-refractivity contribution in [3.8, 4) is 0 Å². The van der Waals surface area contributed by atoms with Gasteiger partial charge in [-0.15, -0.1) is 12.4 Å². The molecule has 0 fully saturated rings. The van der Waals surface area contributed by atoms with Gasteiger partial charge < -0.3 is 5.32 Å². The highest BCUT2D eigenvalue weighted by Gasteiger charge is 2.73. The molecule has 1 nitrogen and oxygen atoms in total. The van der Waals surface area contributed by atoms with Gasteiger partial charge in [0.05, 0.1) is 11.4 Å². The van der Waals surface area contributed by atoms with Crippen LogP contribution in [0.2, 0.25) is 0 Å². The Morgan fingerprint density at radius 1 is 0.760 bits per heavy atom. The number of alkyl halides is 7. The first-order valence-corrected chi connectivity index (χ1v) is 7.36. The molecule has 0 aliphatic carbocycles. The van der Waals surface area contributed by atoms with Crippen LogP contribution >= 0.6 is 24.2 Å². The molecule has 0 saturated heterocycles. The fraction of sp³-hybridized carbons (Fsp3) is 0.200. The van der Waals surface area contributed by atoms with Crippen LogP contribution in [0.15, 0.2) is 52.3 Å². The van der Waals surface area contributed by atoms with Crippen molar-refractivity contribution in [1.29, 1.82) is 0 Å². The number of halogens is 8. The van der Waals surface area contributed by atoms with Gasteiger partial charge in [-0.3, -0.25) is 0 Å². The van der Waals surface area contributed by atoms with Crippen molar-refractivity contribution < 1.29 is 30.7 Å². The molecular formula is C15H9ClF7NS. The van der Waals surface area contributed by atoms with Gasteiger partial charge in [0, 0.05) is 15.4 Å². The van der Waals surface area contributed by atoms with Gasteiger partial charge in [-0.2, -0.15) is 30.7 Å². The maximum Gasteiger partial charge on any atom is 0.460 e. The van der Waals surface area contributed by atoms with Crippen molar-refractivity contribution >= 4 is 35.5 Å². The normalized spacial score (nSPS) is 14.0. The van der Waals surface area contributed by atoms with Crippen LogP contribution < -0.4 is 5.32 Å². The van der Waals surface area contributed by atoms with E-state index in [1.54, 1.807) is 24.3 Å². The van der Waals surface area contributed by atoms with E-state index in [0.717, 1.165) is 11.0 Å². The van der Waals surface area contributed by atoms with Gasteiger partial charge in [0.25, 0.3) is 0 Å². The minimum Gasteiger partial charge on any atom is -0.354 e. The summed E-state index contributed by atoms with van der Waals surface area (Å²) in [6.07, 6.45) is -6.36. The molecule has 1 heterocycles. The topological polar surface area (TPSA) is 12.0 Å². The Balaban J connectivity index is 0.00000225. The minimum absolute atomic E-state index is 0. The predicted octanol–water partition coefficient (Wildman–Crippen LogP) is 6.61. The van der Waals surface area contributed by atoms with E-state index in [9.17, 15) is 30.7 Å². The molecule has 1 aliphatic heterocycles. The number of hydrogen-bond donors (Lipinski definition) is 1. The molecule has 0 bridgehead atoms. The number of benzene rings is 2. The van der Waals surface area contributed by atoms with Crippen LogP contribution in [0.25, 0.3) is 0 Å². The number of rotatable bonds is 2. The average molecular weight is 404 g/mol. The lowest BCUT2D eigenvalue weighted by atomic mass is 10.0. The maximum atomic E-state index is 13.8. The summed E-state index contributed by atoms with van der Waals surface area (Å²) in [5.41, 5.74) is -0.803. The molecule has 2 aromatic carbocycles. The van der Waals surface area contributed by atoms with Crippen molar-refractivity contribution in [2.24, 2.45) is 0 Å². The Bertz CT molecular complexity index is 792. The molecule has 0 saturated carbocycles. The Labute approximate surface area is 148 Å². The van der Waals surface area contributed by atoms with Crippen LogP contribution in [-0.4, -0.2) is 12.1 Å². The summed E-state index contributed by atoms with van der Waals surface area (Å²) in [4.78, 5) is 1.23. The SMILES string of the molecule is Cl.FC(F)(F)C(F)(F)C(F)(F)c1ccc2c(c1)Nc1ccccc1S2. The zero-order valence-corrected chi connectivity index (χ0v) is 13.6. The molecule has 136 valence electrons. The van der Waals surface area contributed by atoms with Gasteiger partial charge in [-0.25, -0.2) is 0 Å². The van der Waals surface area contributed by atoms with Crippen molar-refractivity contribution in [3.63, 3.8) is 0 Å². The smallest absolute Gasteiger partial charge is 0.354 e. The second-order valence-electron chi connectivity index (χ2n) is 5.08. The zero-order chi connectivity index (χ0) is 17.8. The molecule has 25 heavy (non-hydrogen) atoms. The molecule has 10 heteroatoms. The number of nitrogens with one attached hydrogen (secondary N) is 1. The van der Waals surface area contributed by atoms with Crippen molar-refractivity contribution in [1.82, 2.24) is 0 Å². The molecule has 0 amide bonds. The van der Waals surface area contributed by atoms with E-state index < -0.39 is 23.6 Å². The van der Waals surface area contributed by atoms with Crippen LogP contribution in [0.1, 0.15) is 5.56 Å². The summed E-state index contributed by atoms with van der Waals surface area (Å²) in [7, 11) is 0. The summed E-state index contributed by atoms with van der Waals surface area (Å²) in [5, 5.41) is 2.76. The predicted molar refractivity (Wildman–Crippen MR) is 82.4 cm³/mol. The molecular weight excluding hydrogens is 395 g/mol. The fourth-order valence-electron chi connectivity index (χ4n) is 2.19. The molecule has 0 atom stereocenters. The molecule has 3 rings (SSSR count). The van der Waals surface area contributed by atoms with Crippen molar-refractivity contribution in [2.45, 2.75) is 27.8 Å². The van der Waals surface area contributed by atoms with E-state index in [2.05, 4.69) is 5.32 Å². The van der Waals surface area contributed by atoms with E-state index in [1.807, 2.05) is 0 Å². The summed E-state index contributed by atoms with van der Waals surface area (Å²) in [5.74, 6) is -11.6. The first-order chi connectivity index (χ1) is 11.0. The van der Waals surface area contributed by atoms with Gasteiger partial charge in [0.15, 0.2) is 0 Å². The van der Waals surface area contributed by atoms with E-state index in [-0.39, 0.29) is 18.1 Å². The van der Waals surface area contributed by atoms with Crippen LogP contribution in [0.4, 0.5) is 42.1 Å². The third-order valence-electron chi connectivity index (χ3n) is 3.47. The lowest BCUT2D eigenvalue weighted by Crippen LogP contribution is -2.50. The van der Waals surface area contributed by atoms with Gasteiger partial charge in [0.2, 0.25) is 0 Å². The highest BCUT2D eigenvalue weighted by Crippen LogP contribution is 2.53. The minimum atomic E-state index is -6.36. The number of fused-ring (bicyclic) bond motifs is 2. The van der Waals surface area contributed by atoms with Crippen LogP contribution in [0, 0.1) is 0 Å². The molecule has 1 N–H and O–H groups in total. The largest absolute Gasteiger partial charge is 0.460 e. The van der Waals surface area contributed by atoms with Crippen LogP contribution in [0.5, 0.6) is 0 Å². The van der Waals surface area contributed by atoms with E-state index in [1.165, 1.54) is 11.8 Å². The van der Waals surface area contributed by atoms with Gasteiger partial charge in [-0.05, 0) is 24.3 Å². The van der Waals surface area contributed by atoms with Gasteiger partial charge in [0.1, 0.15) is 0 Å². The summed E-state index contributed by atoms with van der Waals surface area (Å²) in [6.45, 7) is 0. The zero-order valence-electron chi connectivity index (χ0n) is 12.0. The molecule has 0 radical (unpaired) electrons. The Morgan fingerprint density at radius 2 is 1.36 bits per heavy atom. The number of para-hydroxylation sites is 1. The second kappa shape index (κ2) is 6.28. The first-order valence-electron chi connectivity index (χ1n) is 6.55. The molecule has 2 aromatic rings. The van der Waals surface area contributed by atoms with E-state index in [4.69, 9.17) is 0 Å². The first kappa shape index (κ1) is 19.7. The third-order valence-corrected chi connectivity index (χ3v) is 4.62. The lowest BCUT2D eigenvalue weighted by Gasteiger charge is -2.29. The summed E-state index contributed by atoms with van der Waals surface area (Å²) < 4.78 is 90.8. The quantitative estimate of drug-likeness (QED) is 0.483. The van der Waals surface area contributed by atoms with Gasteiger partial charge >= 0.3 is 18.0 Å². The highest BCUT2D eigenvalue weighted by molar-refractivity contribution is 7.99. The molecule has 0 unspecified atom stereocenters. The van der Waals surface area contributed by atoms with Crippen molar-refractivity contribution in [2.75, 3.05) is 5.32 Å². The third kappa shape index (κ3) is 3.15. The Kier molecular flexibility index (Phi) is 4.95. The summed E-state index contributed by atoms with van der Waals surface area (Å²) >= 11 is 1.20. The standard InChI is InChI=1S/C15H8F7NS.ClH/c16-13(17,14(18,19)15(20,21)22)8-5-6-12-10(7-8)23-9-3-1-2-4-11(9)24-12;/h1-7,23H;1H. The Hall–Kier alpha value is -1.61. The van der Waals surface area contributed by atoms with Crippen LogP contribution in [0.3, 0.4) is 0 Å². The number of anilines is 2. The Morgan fingerprint density at radius 3 is 2.00 bits per heavy atom. The lowest BCUT2D eigenvalue weighted by molar-refractivity contribution is -0.359. The molecule has 0 spiro atoms.